The number of nitrogens with zero attached hydrogens (tertiary/aromatic N) is 1. The smallest absolute Gasteiger partial charge is 0.330 e. The van der Waals surface area contributed by atoms with Crippen LogP contribution in [0.3, 0.4) is 0 Å². The molecule has 3 N–H and O–H groups in total. The third kappa shape index (κ3) is 3.58. The largest absolute Gasteiger partial charge is 0.466 e. The maximum atomic E-state index is 12.0. The first-order valence-corrected chi connectivity index (χ1v) is 6.93. The minimum atomic E-state index is -0.918. The van der Waals surface area contributed by atoms with Crippen molar-refractivity contribution in [3.05, 3.63) is 38.7 Å². The summed E-state index contributed by atoms with van der Waals surface area (Å²) in [7, 11) is 1.21. The van der Waals surface area contributed by atoms with Gasteiger partial charge in [-0.25, -0.2) is 9.59 Å². The molecule has 126 valence electrons. The Morgan fingerprint density at radius 1 is 1.57 bits per heavy atom. The minimum absolute atomic E-state index is 0.0936. The van der Waals surface area contributed by atoms with Gasteiger partial charge in [-0.2, -0.15) is 0 Å². The number of methoxy groups -OCH3 is 1. The van der Waals surface area contributed by atoms with E-state index in [0.717, 1.165) is 10.6 Å². The lowest BCUT2D eigenvalue weighted by Gasteiger charge is -2.15. The van der Waals surface area contributed by atoms with Crippen molar-refractivity contribution in [1.82, 2.24) is 9.55 Å². The summed E-state index contributed by atoms with van der Waals surface area (Å²) in [6.07, 6.45) is -0.0619. The van der Waals surface area contributed by atoms with Gasteiger partial charge in [0.2, 0.25) is 0 Å². The average molecular weight is 326 g/mol. The van der Waals surface area contributed by atoms with Gasteiger partial charge in [-0.1, -0.05) is 0 Å². The first-order valence-electron chi connectivity index (χ1n) is 6.93. The van der Waals surface area contributed by atoms with Crippen LogP contribution in [-0.4, -0.2) is 51.7 Å². The fraction of sp³-hybridized carbons (Fsp3) is 0.500. The molecule has 0 aliphatic carbocycles. The molecule has 0 unspecified atom stereocenters. The highest BCUT2D eigenvalue weighted by molar-refractivity contribution is 5.90. The zero-order chi connectivity index (χ0) is 17.1. The molecule has 0 spiro atoms. The predicted molar refractivity (Wildman–Crippen MR) is 78.6 cm³/mol. The summed E-state index contributed by atoms with van der Waals surface area (Å²) in [5.41, 5.74) is -0.953. The Kier molecular flexibility index (Phi) is 5.14. The number of aromatic amines is 1. The molecule has 0 saturated carbocycles. The highest BCUT2D eigenvalue weighted by Crippen LogP contribution is 2.27. The van der Waals surface area contributed by atoms with Crippen molar-refractivity contribution in [2.75, 3.05) is 13.7 Å². The van der Waals surface area contributed by atoms with E-state index in [-0.39, 0.29) is 18.6 Å². The van der Waals surface area contributed by atoms with Crippen molar-refractivity contribution in [1.29, 1.82) is 0 Å². The van der Waals surface area contributed by atoms with Crippen molar-refractivity contribution < 1.29 is 24.5 Å². The fourth-order valence-corrected chi connectivity index (χ4v) is 2.34. The highest BCUT2D eigenvalue weighted by Gasteiger charge is 2.35. The molecular formula is C14H18N2O7. The third-order valence-corrected chi connectivity index (χ3v) is 3.62. The van der Waals surface area contributed by atoms with Crippen LogP contribution in [0.1, 0.15) is 25.1 Å². The number of rotatable bonds is 4. The van der Waals surface area contributed by atoms with E-state index in [1.165, 1.54) is 20.2 Å². The van der Waals surface area contributed by atoms with E-state index in [2.05, 4.69) is 9.72 Å². The Labute approximate surface area is 130 Å². The fourth-order valence-electron chi connectivity index (χ4n) is 2.34. The predicted octanol–water partition coefficient (Wildman–Crippen LogP) is -1.25. The van der Waals surface area contributed by atoms with Crippen LogP contribution in [0.2, 0.25) is 0 Å². The van der Waals surface area contributed by atoms with Gasteiger partial charge < -0.3 is 19.7 Å². The normalized spacial score (nSPS) is 24.7. The van der Waals surface area contributed by atoms with E-state index in [1.807, 2.05) is 0 Å². The lowest BCUT2D eigenvalue weighted by atomic mass is 10.1. The second-order valence-electron chi connectivity index (χ2n) is 5.17. The lowest BCUT2D eigenvalue weighted by molar-refractivity contribution is -0.134. The molecule has 2 rings (SSSR count). The first-order chi connectivity index (χ1) is 10.9. The average Bonchev–Trinajstić information content (AvgIpc) is 2.87. The Balaban J connectivity index is 2.42. The van der Waals surface area contributed by atoms with Crippen molar-refractivity contribution in [3.8, 4) is 0 Å². The van der Waals surface area contributed by atoms with Crippen molar-refractivity contribution in [2.45, 2.75) is 31.8 Å². The van der Waals surface area contributed by atoms with E-state index in [0.29, 0.717) is 5.57 Å². The Morgan fingerprint density at radius 2 is 2.26 bits per heavy atom. The van der Waals surface area contributed by atoms with Crippen LogP contribution in [0.25, 0.3) is 5.57 Å². The van der Waals surface area contributed by atoms with Gasteiger partial charge in [0.1, 0.15) is 12.3 Å². The van der Waals surface area contributed by atoms with Gasteiger partial charge in [0, 0.05) is 18.7 Å². The Bertz CT molecular complexity index is 733. The molecule has 0 aromatic carbocycles. The summed E-state index contributed by atoms with van der Waals surface area (Å²) >= 11 is 0. The summed E-state index contributed by atoms with van der Waals surface area (Å²) < 4.78 is 11.0. The molecule has 0 radical (unpaired) electrons. The van der Waals surface area contributed by atoms with Crippen LogP contribution in [-0.2, 0) is 14.3 Å². The Morgan fingerprint density at radius 3 is 2.83 bits per heavy atom. The van der Waals surface area contributed by atoms with Crippen LogP contribution in [0.15, 0.2) is 21.9 Å². The van der Waals surface area contributed by atoms with Crippen LogP contribution in [0.4, 0.5) is 0 Å². The van der Waals surface area contributed by atoms with Crippen molar-refractivity contribution in [3.63, 3.8) is 0 Å². The number of ether oxygens (including phenoxy) is 2. The third-order valence-electron chi connectivity index (χ3n) is 3.62. The van der Waals surface area contributed by atoms with Crippen LogP contribution < -0.4 is 11.2 Å². The number of hydrogen-bond donors (Lipinski definition) is 3. The standard InChI is InChI=1S/C14H18N2O7/c1-7(3-12(19)22-2)8-5-16(14(21)15-13(8)20)11-4-9(18)10(6-17)23-11/h3,5,9-11,17-18H,4,6H2,1-2H3,(H,15,20,21)/b7-3+/t9-,10+,11+/m0/s1. The molecule has 9 nitrogen and oxygen atoms in total. The maximum absolute atomic E-state index is 12.0. The van der Waals surface area contributed by atoms with Crippen LogP contribution in [0.5, 0.6) is 0 Å². The Hall–Kier alpha value is -2.23. The molecule has 9 heteroatoms. The summed E-state index contributed by atoms with van der Waals surface area (Å²) in [5, 5.41) is 18.8. The monoisotopic (exact) mass is 326 g/mol. The van der Waals surface area contributed by atoms with E-state index in [9.17, 15) is 19.5 Å². The molecule has 2 heterocycles. The first kappa shape index (κ1) is 17.1. The van der Waals surface area contributed by atoms with Crippen molar-refractivity contribution in [2.24, 2.45) is 0 Å². The number of H-pyrrole nitrogens is 1. The van der Waals surface area contributed by atoms with Gasteiger partial charge >= 0.3 is 11.7 Å². The molecule has 0 bridgehead atoms. The van der Waals surface area contributed by atoms with E-state index >= 15 is 0 Å². The highest BCUT2D eigenvalue weighted by atomic mass is 16.5. The second-order valence-corrected chi connectivity index (χ2v) is 5.17. The number of aromatic nitrogens is 2. The van der Waals surface area contributed by atoms with Gasteiger partial charge in [-0.05, 0) is 12.5 Å². The van der Waals surface area contributed by atoms with E-state index in [4.69, 9.17) is 9.84 Å². The molecule has 1 saturated heterocycles. The second kappa shape index (κ2) is 6.90. The molecule has 23 heavy (non-hydrogen) atoms. The number of aliphatic hydroxyl groups excluding tert-OH is 2. The van der Waals surface area contributed by atoms with Crippen LogP contribution in [0, 0.1) is 0 Å². The molecule has 1 aromatic heterocycles. The number of esters is 1. The molecule has 3 atom stereocenters. The maximum Gasteiger partial charge on any atom is 0.330 e. The number of aliphatic hydroxyl groups is 2. The molecular weight excluding hydrogens is 308 g/mol. The number of nitrogens with one attached hydrogen (secondary N) is 1. The quantitative estimate of drug-likeness (QED) is 0.465. The van der Waals surface area contributed by atoms with Gasteiger partial charge in [-0.15, -0.1) is 0 Å². The van der Waals surface area contributed by atoms with Gasteiger partial charge in [0.15, 0.2) is 0 Å². The minimum Gasteiger partial charge on any atom is -0.466 e. The summed E-state index contributed by atoms with van der Waals surface area (Å²) in [4.78, 5) is 37.3. The summed E-state index contributed by atoms with van der Waals surface area (Å²) in [6, 6.07) is 0. The van der Waals surface area contributed by atoms with E-state index < -0.39 is 35.7 Å². The SMILES string of the molecule is COC(=O)/C=C(\C)c1cn([C@H]2C[C@H](O)[C@@H](CO)O2)c(=O)[nH]c1=O. The van der Waals surface area contributed by atoms with Crippen LogP contribution >= 0.6 is 0 Å². The summed E-state index contributed by atoms with van der Waals surface area (Å²) in [5.74, 6) is -0.632. The zero-order valence-electron chi connectivity index (χ0n) is 12.7. The number of hydrogen-bond acceptors (Lipinski definition) is 7. The molecule has 1 aliphatic heterocycles. The molecule has 1 aliphatic rings. The van der Waals surface area contributed by atoms with Gasteiger partial charge in [0.25, 0.3) is 5.56 Å². The topological polar surface area (TPSA) is 131 Å². The molecule has 1 fully saturated rings. The zero-order valence-corrected chi connectivity index (χ0v) is 12.7. The number of carbonyl (C=O) groups is 1. The van der Waals surface area contributed by atoms with Gasteiger partial charge in [-0.3, -0.25) is 14.3 Å². The molecule has 1 aromatic rings. The van der Waals surface area contributed by atoms with Crippen molar-refractivity contribution >= 4 is 11.5 Å². The molecule has 0 amide bonds. The van der Waals surface area contributed by atoms with E-state index in [1.54, 1.807) is 0 Å². The number of carbonyl (C=O) groups excluding carboxylic acids is 1. The number of allylic oxidation sites excluding steroid dienone is 1. The lowest BCUT2D eigenvalue weighted by Crippen LogP contribution is -2.34. The summed E-state index contributed by atoms with van der Waals surface area (Å²) in [6.45, 7) is 1.14. The van der Waals surface area contributed by atoms with Gasteiger partial charge in [0.05, 0.1) is 25.4 Å².